The summed E-state index contributed by atoms with van der Waals surface area (Å²) in [4.78, 5) is 0. The van der Waals surface area contributed by atoms with Gasteiger partial charge in [-0.25, -0.2) is 0 Å². The summed E-state index contributed by atoms with van der Waals surface area (Å²) in [5, 5.41) is 24.9. The fourth-order valence-corrected chi connectivity index (χ4v) is 1.28. The summed E-state index contributed by atoms with van der Waals surface area (Å²) in [5.74, 6) is 0.218. The molecule has 0 heterocycles. The summed E-state index contributed by atoms with van der Waals surface area (Å²) in [6.07, 6.45) is 2.06. The summed E-state index contributed by atoms with van der Waals surface area (Å²) in [5.41, 5.74) is 1.34. The molecule has 0 unspecified atom stereocenters. The molecule has 0 bridgehead atoms. The maximum atomic E-state index is 9.60. The fraction of sp³-hybridized carbons (Fsp3) is 0.364. The van der Waals surface area contributed by atoms with Crippen LogP contribution in [0.4, 0.5) is 0 Å². The average Bonchev–Trinajstić information content (AvgIpc) is 2.08. The second kappa shape index (κ2) is 4.68. The molecule has 0 atom stereocenters. The standard InChI is InChI=1S/C11H16N2O2/c1-8-6-10(14)9(11(15)7-8)4-5-12-13(2)3/h5-7,14-15H,4H2,1-3H3/b12-5+. The summed E-state index contributed by atoms with van der Waals surface area (Å²) in [6, 6.07) is 3.25. The molecule has 0 aliphatic carbocycles. The summed E-state index contributed by atoms with van der Waals surface area (Å²) >= 11 is 0. The Morgan fingerprint density at radius 1 is 1.27 bits per heavy atom. The zero-order valence-corrected chi connectivity index (χ0v) is 9.23. The molecule has 1 aromatic rings. The zero-order valence-electron chi connectivity index (χ0n) is 9.23. The number of phenolic OH excluding ortho intramolecular Hbond substituents is 2. The first-order valence-corrected chi connectivity index (χ1v) is 4.72. The predicted molar refractivity (Wildman–Crippen MR) is 60.4 cm³/mol. The molecule has 0 aromatic heterocycles. The Morgan fingerprint density at radius 3 is 2.27 bits per heavy atom. The van der Waals surface area contributed by atoms with E-state index in [-0.39, 0.29) is 11.5 Å². The normalized spacial score (nSPS) is 10.9. The largest absolute Gasteiger partial charge is 0.508 e. The first-order chi connectivity index (χ1) is 7.00. The van der Waals surface area contributed by atoms with Crippen molar-refractivity contribution in [3.05, 3.63) is 23.3 Å². The quantitative estimate of drug-likeness (QED) is 0.584. The number of aryl methyl sites for hydroxylation is 1. The van der Waals surface area contributed by atoms with E-state index in [4.69, 9.17) is 0 Å². The van der Waals surface area contributed by atoms with Crippen LogP contribution in [0.5, 0.6) is 11.5 Å². The van der Waals surface area contributed by atoms with Crippen molar-refractivity contribution in [3.63, 3.8) is 0 Å². The molecule has 1 rings (SSSR count). The Hall–Kier alpha value is -1.71. The number of hydrogen-bond acceptors (Lipinski definition) is 4. The molecule has 0 spiro atoms. The van der Waals surface area contributed by atoms with Gasteiger partial charge in [-0.3, -0.25) is 0 Å². The minimum Gasteiger partial charge on any atom is -0.508 e. The van der Waals surface area contributed by atoms with Crippen molar-refractivity contribution in [2.45, 2.75) is 13.3 Å². The van der Waals surface area contributed by atoms with Crippen molar-refractivity contribution < 1.29 is 10.2 Å². The lowest BCUT2D eigenvalue weighted by atomic mass is 10.1. The van der Waals surface area contributed by atoms with Gasteiger partial charge in [-0.15, -0.1) is 0 Å². The Labute approximate surface area is 89.5 Å². The van der Waals surface area contributed by atoms with Gasteiger partial charge in [0.25, 0.3) is 0 Å². The fourth-order valence-electron chi connectivity index (χ4n) is 1.28. The lowest BCUT2D eigenvalue weighted by Crippen LogP contribution is -2.02. The highest BCUT2D eigenvalue weighted by Gasteiger charge is 2.06. The number of hydrazone groups is 1. The third-order valence-electron chi connectivity index (χ3n) is 1.96. The number of nitrogens with zero attached hydrogens (tertiary/aromatic N) is 2. The van der Waals surface area contributed by atoms with E-state index in [1.165, 1.54) is 0 Å². The number of aromatic hydroxyl groups is 2. The van der Waals surface area contributed by atoms with E-state index in [1.807, 2.05) is 21.0 Å². The Morgan fingerprint density at radius 2 is 1.80 bits per heavy atom. The molecule has 0 amide bonds. The van der Waals surface area contributed by atoms with Crippen LogP contribution in [0.25, 0.3) is 0 Å². The molecule has 0 saturated carbocycles. The second-order valence-corrected chi connectivity index (χ2v) is 3.63. The van der Waals surface area contributed by atoms with Crippen LogP contribution in [-0.4, -0.2) is 35.5 Å². The molecule has 15 heavy (non-hydrogen) atoms. The summed E-state index contributed by atoms with van der Waals surface area (Å²) < 4.78 is 0. The van der Waals surface area contributed by atoms with Crippen molar-refractivity contribution in [1.82, 2.24) is 5.01 Å². The molecule has 0 saturated heterocycles. The number of phenols is 2. The predicted octanol–water partition coefficient (Wildman–Crippen LogP) is 1.50. The number of benzene rings is 1. The van der Waals surface area contributed by atoms with Crippen LogP contribution in [0.2, 0.25) is 0 Å². The van der Waals surface area contributed by atoms with Crippen molar-refractivity contribution in [2.75, 3.05) is 14.1 Å². The summed E-state index contributed by atoms with van der Waals surface area (Å²) in [7, 11) is 3.62. The van der Waals surface area contributed by atoms with E-state index < -0.39 is 0 Å². The average molecular weight is 208 g/mol. The van der Waals surface area contributed by atoms with Gasteiger partial charge >= 0.3 is 0 Å². The number of hydrogen-bond donors (Lipinski definition) is 2. The lowest BCUT2D eigenvalue weighted by molar-refractivity contribution is 0.434. The van der Waals surface area contributed by atoms with Crippen molar-refractivity contribution in [3.8, 4) is 11.5 Å². The van der Waals surface area contributed by atoms with Gasteiger partial charge in [0, 0.05) is 32.3 Å². The van der Waals surface area contributed by atoms with Crippen molar-refractivity contribution in [1.29, 1.82) is 0 Å². The van der Waals surface area contributed by atoms with Crippen LogP contribution in [0.15, 0.2) is 17.2 Å². The van der Waals surface area contributed by atoms with Crippen LogP contribution in [0.1, 0.15) is 11.1 Å². The van der Waals surface area contributed by atoms with Gasteiger partial charge in [0.1, 0.15) is 11.5 Å². The van der Waals surface area contributed by atoms with E-state index in [2.05, 4.69) is 5.10 Å². The highest BCUT2D eigenvalue weighted by atomic mass is 16.3. The molecule has 82 valence electrons. The Balaban J connectivity index is 2.86. The lowest BCUT2D eigenvalue weighted by Gasteiger charge is -2.07. The minimum absolute atomic E-state index is 0.109. The molecule has 1 aromatic carbocycles. The topological polar surface area (TPSA) is 56.1 Å². The van der Waals surface area contributed by atoms with Gasteiger partial charge < -0.3 is 15.2 Å². The van der Waals surface area contributed by atoms with E-state index in [0.717, 1.165) is 5.56 Å². The van der Waals surface area contributed by atoms with E-state index >= 15 is 0 Å². The van der Waals surface area contributed by atoms with Gasteiger partial charge in [-0.2, -0.15) is 5.10 Å². The summed E-state index contributed by atoms with van der Waals surface area (Å²) in [6.45, 7) is 1.82. The zero-order chi connectivity index (χ0) is 11.4. The molecule has 4 nitrogen and oxygen atoms in total. The van der Waals surface area contributed by atoms with Crippen molar-refractivity contribution >= 4 is 6.21 Å². The highest BCUT2D eigenvalue weighted by molar-refractivity contribution is 5.65. The molecular formula is C11H16N2O2. The van der Waals surface area contributed by atoms with E-state index in [1.54, 1.807) is 23.4 Å². The van der Waals surface area contributed by atoms with Crippen LogP contribution in [0, 0.1) is 6.92 Å². The van der Waals surface area contributed by atoms with Gasteiger partial charge in [0.15, 0.2) is 0 Å². The van der Waals surface area contributed by atoms with E-state index in [0.29, 0.717) is 12.0 Å². The molecular weight excluding hydrogens is 192 g/mol. The van der Waals surface area contributed by atoms with Crippen LogP contribution in [-0.2, 0) is 6.42 Å². The second-order valence-electron chi connectivity index (χ2n) is 3.63. The Bertz CT molecular complexity index is 350. The third kappa shape index (κ3) is 3.16. The highest BCUT2D eigenvalue weighted by Crippen LogP contribution is 2.28. The minimum atomic E-state index is 0.109. The molecule has 4 heteroatoms. The van der Waals surface area contributed by atoms with E-state index in [9.17, 15) is 10.2 Å². The molecule has 0 aliphatic rings. The molecule has 0 fully saturated rings. The maximum Gasteiger partial charge on any atom is 0.123 e. The first-order valence-electron chi connectivity index (χ1n) is 4.72. The van der Waals surface area contributed by atoms with Crippen LogP contribution < -0.4 is 0 Å². The maximum absolute atomic E-state index is 9.60. The number of rotatable bonds is 3. The Kier molecular flexibility index (Phi) is 3.55. The van der Waals surface area contributed by atoms with Gasteiger partial charge in [0.05, 0.1) is 0 Å². The SMILES string of the molecule is Cc1cc(O)c(C/C=N/N(C)C)c(O)c1. The van der Waals surface area contributed by atoms with Crippen LogP contribution in [0.3, 0.4) is 0 Å². The monoisotopic (exact) mass is 208 g/mol. The smallest absolute Gasteiger partial charge is 0.123 e. The van der Waals surface area contributed by atoms with Gasteiger partial charge in [-0.1, -0.05) is 0 Å². The third-order valence-corrected chi connectivity index (χ3v) is 1.96. The van der Waals surface area contributed by atoms with Gasteiger partial charge in [0.2, 0.25) is 0 Å². The first kappa shape index (κ1) is 11.4. The van der Waals surface area contributed by atoms with Crippen LogP contribution >= 0.6 is 0 Å². The van der Waals surface area contributed by atoms with Crippen molar-refractivity contribution in [2.24, 2.45) is 5.10 Å². The molecule has 2 N–H and O–H groups in total. The van der Waals surface area contributed by atoms with Gasteiger partial charge in [-0.05, 0) is 24.6 Å². The molecule has 0 aliphatic heterocycles. The molecule has 0 radical (unpaired) electrons.